The van der Waals surface area contributed by atoms with Gasteiger partial charge in [-0.3, -0.25) is 15.0 Å². The molecule has 1 atom stereocenters. The number of hydrazine groups is 1. The molecule has 1 aliphatic heterocycles. The van der Waals surface area contributed by atoms with Gasteiger partial charge in [0.15, 0.2) is 0 Å². The molecule has 2 aromatic rings. The van der Waals surface area contributed by atoms with Crippen molar-refractivity contribution in [2.24, 2.45) is 5.41 Å². The smallest absolute Gasteiger partial charge is 0.265 e. The van der Waals surface area contributed by atoms with Gasteiger partial charge in [-0.1, -0.05) is 31.5 Å². The van der Waals surface area contributed by atoms with Gasteiger partial charge >= 0.3 is 0 Å². The molecule has 1 heterocycles. The van der Waals surface area contributed by atoms with Crippen LogP contribution < -0.4 is 10.7 Å². The Hall–Kier alpha value is -2.53. The zero-order chi connectivity index (χ0) is 26.0. The van der Waals surface area contributed by atoms with Crippen molar-refractivity contribution in [1.82, 2.24) is 20.1 Å². The van der Waals surface area contributed by atoms with Gasteiger partial charge in [-0.15, -0.1) is 0 Å². The number of halogens is 2. The first kappa shape index (κ1) is 27.1. The van der Waals surface area contributed by atoms with E-state index in [9.17, 15) is 18.0 Å². The van der Waals surface area contributed by atoms with Gasteiger partial charge in [-0.2, -0.15) is 4.31 Å². The molecule has 2 aromatic carbocycles. The van der Waals surface area contributed by atoms with Crippen molar-refractivity contribution in [3.05, 3.63) is 64.4 Å². The second kappa shape index (κ2) is 10.6. The number of nitrogens with zero attached hydrogens (tertiary/aromatic N) is 2. The third kappa shape index (κ3) is 6.58. The quantitative estimate of drug-likeness (QED) is 0.542. The number of sulfonamides is 1. The zero-order valence-electron chi connectivity index (χ0n) is 20.1. The predicted molar refractivity (Wildman–Crippen MR) is 132 cm³/mol. The molecule has 0 unspecified atom stereocenters. The highest BCUT2D eigenvalue weighted by Gasteiger charge is 2.41. The van der Waals surface area contributed by atoms with Crippen molar-refractivity contribution in [2.45, 2.75) is 44.2 Å². The standard InChI is InChI=1S/C24H30ClFN4O4S/c1-24(2)11-12-27-23(32)21(14-24)30(35(33,34)19-9-7-18(25)8-10-19)15-17-6-5-16(13-20(17)26)22(31)28-29(3)4/h5-10,13,21H,11-12,14-15H2,1-4H3,(H,27,32)(H,28,31)/t21-/m1/s1. The molecule has 0 aromatic heterocycles. The molecule has 190 valence electrons. The summed E-state index contributed by atoms with van der Waals surface area (Å²) < 4.78 is 43.6. The van der Waals surface area contributed by atoms with Crippen LogP contribution in [-0.2, 0) is 21.4 Å². The number of nitrogens with one attached hydrogen (secondary N) is 2. The second-order valence-corrected chi connectivity index (χ2v) is 11.9. The lowest BCUT2D eigenvalue weighted by atomic mass is 9.83. The van der Waals surface area contributed by atoms with Crippen LogP contribution in [0.2, 0.25) is 5.02 Å². The van der Waals surface area contributed by atoms with Crippen LogP contribution in [0.4, 0.5) is 4.39 Å². The number of amides is 2. The molecule has 3 rings (SSSR count). The number of hydrogen-bond acceptors (Lipinski definition) is 5. The fourth-order valence-electron chi connectivity index (χ4n) is 3.95. The van der Waals surface area contributed by atoms with Crippen LogP contribution in [0.3, 0.4) is 0 Å². The molecule has 0 saturated carbocycles. The Bertz CT molecular complexity index is 1200. The normalized spacial score (nSPS) is 18.3. The molecule has 1 fully saturated rings. The SMILES string of the molecule is CN(C)NC(=O)c1ccc(CN([C@@H]2CC(C)(C)CCNC2=O)S(=O)(=O)c2ccc(Cl)cc2)c(F)c1. The van der Waals surface area contributed by atoms with Crippen LogP contribution in [-0.4, -0.2) is 56.2 Å². The van der Waals surface area contributed by atoms with E-state index in [1.807, 2.05) is 13.8 Å². The molecular weight excluding hydrogens is 495 g/mol. The Labute approximate surface area is 210 Å². The second-order valence-electron chi connectivity index (χ2n) is 9.57. The highest BCUT2D eigenvalue weighted by atomic mass is 35.5. The van der Waals surface area contributed by atoms with E-state index in [0.717, 1.165) is 10.4 Å². The van der Waals surface area contributed by atoms with E-state index in [1.54, 1.807) is 14.1 Å². The van der Waals surface area contributed by atoms with Crippen molar-refractivity contribution in [2.75, 3.05) is 20.6 Å². The zero-order valence-corrected chi connectivity index (χ0v) is 21.7. The summed E-state index contributed by atoms with van der Waals surface area (Å²) in [5.74, 6) is -1.69. The van der Waals surface area contributed by atoms with E-state index in [2.05, 4.69) is 10.7 Å². The summed E-state index contributed by atoms with van der Waals surface area (Å²) in [7, 11) is -0.960. The summed E-state index contributed by atoms with van der Waals surface area (Å²) in [5.41, 5.74) is 2.32. The third-order valence-electron chi connectivity index (χ3n) is 5.88. The van der Waals surface area contributed by atoms with Gasteiger partial charge in [0, 0.05) is 43.3 Å². The average molecular weight is 525 g/mol. The van der Waals surface area contributed by atoms with Crippen molar-refractivity contribution in [1.29, 1.82) is 0 Å². The lowest BCUT2D eigenvalue weighted by Gasteiger charge is -2.33. The van der Waals surface area contributed by atoms with Crippen LogP contribution in [0.5, 0.6) is 0 Å². The van der Waals surface area contributed by atoms with E-state index in [0.29, 0.717) is 18.0 Å². The first-order valence-electron chi connectivity index (χ1n) is 11.1. The van der Waals surface area contributed by atoms with Gasteiger partial charge in [0.05, 0.1) is 4.90 Å². The van der Waals surface area contributed by atoms with Crippen molar-refractivity contribution in [3.63, 3.8) is 0 Å². The molecule has 1 saturated heterocycles. The molecule has 0 bridgehead atoms. The van der Waals surface area contributed by atoms with Gasteiger partial charge in [0.1, 0.15) is 11.9 Å². The van der Waals surface area contributed by atoms with E-state index in [4.69, 9.17) is 11.6 Å². The number of hydrogen-bond donors (Lipinski definition) is 2. The summed E-state index contributed by atoms with van der Waals surface area (Å²) in [6.45, 7) is 3.96. The average Bonchev–Trinajstić information content (AvgIpc) is 2.89. The lowest BCUT2D eigenvalue weighted by Crippen LogP contribution is -2.49. The summed E-state index contributed by atoms with van der Waals surface area (Å²) in [6, 6.07) is 8.39. The highest BCUT2D eigenvalue weighted by Crippen LogP contribution is 2.34. The van der Waals surface area contributed by atoms with Crippen LogP contribution in [0.25, 0.3) is 0 Å². The van der Waals surface area contributed by atoms with Crippen LogP contribution in [0.15, 0.2) is 47.4 Å². The minimum Gasteiger partial charge on any atom is -0.355 e. The molecule has 1 aliphatic rings. The number of benzene rings is 2. The van der Waals surface area contributed by atoms with Crippen molar-refractivity contribution >= 4 is 33.4 Å². The van der Waals surface area contributed by atoms with Gasteiger partial charge < -0.3 is 5.32 Å². The predicted octanol–water partition coefficient (Wildman–Crippen LogP) is 3.18. The van der Waals surface area contributed by atoms with Crippen LogP contribution >= 0.6 is 11.6 Å². The molecule has 0 spiro atoms. The minimum absolute atomic E-state index is 0.0406. The number of carbonyl (C=O) groups is 2. The highest BCUT2D eigenvalue weighted by molar-refractivity contribution is 7.89. The van der Waals surface area contributed by atoms with Crippen LogP contribution in [0, 0.1) is 11.2 Å². The third-order valence-corrected chi connectivity index (χ3v) is 8.00. The minimum atomic E-state index is -4.21. The van der Waals surface area contributed by atoms with Gasteiger partial charge in [-0.25, -0.2) is 17.8 Å². The number of carbonyl (C=O) groups excluding carboxylic acids is 2. The van der Waals surface area contributed by atoms with E-state index in [1.165, 1.54) is 41.4 Å². The Balaban J connectivity index is 2.04. The first-order valence-corrected chi connectivity index (χ1v) is 12.9. The Morgan fingerprint density at radius 3 is 2.46 bits per heavy atom. The van der Waals surface area contributed by atoms with E-state index < -0.39 is 33.7 Å². The molecule has 35 heavy (non-hydrogen) atoms. The first-order chi connectivity index (χ1) is 16.3. The molecule has 2 N–H and O–H groups in total. The lowest BCUT2D eigenvalue weighted by molar-refractivity contribution is -0.125. The van der Waals surface area contributed by atoms with E-state index in [-0.39, 0.29) is 34.4 Å². The van der Waals surface area contributed by atoms with Crippen molar-refractivity contribution in [3.8, 4) is 0 Å². The Kier molecular flexibility index (Phi) is 8.21. The summed E-state index contributed by atoms with van der Waals surface area (Å²) in [5, 5.41) is 4.58. The monoisotopic (exact) mass is 524 g/mol. The molecule has 0 aliphatic carbocycles. The summed E-state index contributed by atoms with van der Waals surface area (Å²) in [4.78, 5) is 25.2. The van der Waals surface area contributed by atoms with E-state index >= 15 is 4.39 Å². The molecule has 8 nitrogen and oxygen atoms in total. The number of rotatable bonds is 7. The fraction of sp³-hybridized carbons (Fsp3) is 0.417. The maximum atomic E-state index is 15.1. The van der Waals surface area contributed by atoms with Crippen molar-refractivity contribution < 1.29 is 22.4 Å². The van der Waals surface area contributed by atoms with Gasteiger partial charge in [0.2, 0.25) is 15.9 Å². The summed E-state index contributed by atoms with van der Waals surface area (Å²) >= 11 is 5.94. The Morgan fingerprint density at radius 2 is 1.86 bits per heavy atom. The maximum Gasteiger partial charge on any atom is 0.265 e. The largest absolute Gasteiger partial charge is 0.355 e. The van der Waals surface area contributed by atoms with Gasteiger partial charge in [-0.05, 0) is 54.7 Å². The van der Waals surface area contributed by atoms with Gasteiger partial charge in [0.25, 0.3) is 5.91 Å². The summed E-state index contributed by atoms with van der Waals surface area (Å²) in [6.07, 6.45) is 0.935. The molecular formula is C24H30ClFN4O4S. The maximum absolute atomic E-state index is 15.1. The topological polar surface area (TPSA) is 98.8 Å². The molecule has 0 radical (unpaired) electrons. The fourth-order valence-corrected chi connectivity index (χ4v) is 5.64. The Morgan fingerprint density at radius 1 is 1.20 bits per heavy atom. The molecule has 11 heteroatoms. The van der Waals surface area contributed by atoms with Crippen LogP contribution in [0.1, 0.15) is 42.6 Å². The molecule has 2 amide bonds.